The average Bonchev–Trinajstić information content (AvgIpc) is 2.76. The Morgan fingerprint density at radius 2 is 2.50 bits per heavy atom. The van der Waals surface area contributed by atoms with Crippen LogP contribution in [0.2, 0.25) is 0 Å². The fourth-order valence-electron chi connectivity index (χ4n) is 1.65. The van der Waals surface area contributed by atoms with Gasteiger partial charge in [0.2, 0.25) is 0 Å². The van der Waals surface area contributed by atoms with E-state index < -0.39 is 0 Å². The number of hydrogen-bond donors (Lipinski definition) is 1. The van der Waals surface area contributed by atoms with Crippen molar-refractivity contribution in [2.24, 2.45) is 5.92 Å². The summed E-state index contributed by atoms with van der Waals surface area (Å²) in [7, 11) is 0. The van der Waals surface area contributed by atoms with Gasteiger partial charge >= 0.3 is 5.97 Å². The molecule has 0 spiro atoms. The Labute approximate surface area is 97.0 Å². The quantitative estimate of drug-likeness (QED) is 0.402. The van der Waals surface area contributed by atoms with Crippen LogP contribution in [0, 0.1) is 5.92 Å². The predicted octanol–water partition coefficient (Wildman–Crippen LogP) is 1.12. The highest BCUT2D eigenvalue weighted by molar-refractivity contribution is 5.81. The molecular formula is C12H21NO3. The lowest BCUT2D eigenvalue weighted by Gasteiger charge is -2.06. The molecule has 16 heavy (non-hydrogen) atoms. The van der Waals surface area contributed by atoms with Crippen LogP contribution in [-0.4, -0.2) is 38.9 Å². The second kappa shape index (κ2) is 8.30. The van der Waals surface area contributed by atoms with Crippen LogP contribution in [0.4, 0.5) is 0 Å². The normalized spacial score (nSPS) is 20.4. The molecule has 0 radical (unpaired) electrons. The van der Waals surface area contributed by atoms with Crippen molar-refractivity contribution in [1.82, 2.24) is 5.32 Å². The zero-order valence-electron chi connectivity index (χ0n) is 9.91. The molecule has 0 saturated carbocycles. The number of nitrogens with one attached hydrogen (secondary N) is 1. The molecule has 4 heteroatoms. The molecule has 4 nitrogen and oxygen atoms in total. The number of rotatable bonds is 7. The van der Waals surface area contributed by atoms with Gasteiger partial charge in [0.25, 0.3) is 0 Å². The van der Waals surface area contributed by atoms with E-state index in [1.54, 1.807) is 13.0 Å². The lowest BCUT2D eigenvalue weighted by molar-refractivity contribution is -0.137. The van der Waals surface area contributed by atoms with E-state index in [1.807, 2.05) is 0 Å². The summed E-state index contributed by atoms with van der Waals surface area (Å²) in [6.45, 7) is 5.73. The molecule has 1 atom stereocenters. The highest BCUT2D eigenvalue weighted by atomic mass is 16.5. The number of hydrogen-bond acceptors (Lipinski definition) is 4. The molecule has 1 unspecified atom stereocenters. The summed E-state index contributed by atoms with van der Waals surface area (Å²) in [4.78, 5) is 10.9. The lowest BCUT2D eigenvalue weighted by Crippen LogP contribution is -2.18. The van der Waals surface area contributed by atoms with E-state index in [1.165, 1.54) is 12.5 Å². The first-order valence-corrected chi connectivity index (χ1v) is 5.94. The van der Waals surface area contributed by atoms with Crippen molar-refractivity contribution in [3.05, 3.63) is 12.2 Å². The Morgan fingerprint density at radius 1 is 1.62 bits per heavy atom. The number of carbonyl (C=O) groups excluding carboxylic acids is 1. The number of esters is 1. The Hall–Kier alpha value is -0.870. The van der Waals surface area contributed by atoms with Gasteiger partial charge in [-0.15, -0.1) is 0 Å². The van der Waals surface area contributed by atoms with Gasteiger partial charge in [-0.2, -0.15) is 0 Å². The Morgan fingerprint density at radius 3 is 3.19 bits per heavy atom. The molecule has 1 rings (SSSR count). The monoisotopic (exact) mass is 227 g/mol. The lowest BCUT2D eigenvalue weighted by atomic mass is 10.1. The van der Waals surface area contributed by atoms with Crippen LogP contribution in [0.15, 0.2) is 12.2 Å². The van der Waals surface area contributed by atoms with E-state index >= 15 is 0 Å². The van der Waals surface area contributed by atoms with Gasteiger partial charge in [0.1, 0.15) is 0 Å². The van der Waals surface area contributed by atoms with Crippen molar-refractivity contribution < 1.29 is 14.3 Å². The summed E-state index contributed by atoms with van der Waals surface area (Å²) in [5.74, 6) is 0.440. The minimum absolute atomic E-state index is 0.270. The molecule has 0 aromatic carbocycles. The molecule has 1 heterocycles. The smallest absolute Gasteiger partial charge is 0.330 e. The first kappa shape index (κ1) is 13.2. The SMILES string of the molecule is CCOC(=O)/C=C/CNCCC1CCOC1. The third kappa shape index (κ3) is 5.88. The molecule has 1 aliphatic rings. The van der Waals surface area contributed by atoms with Crippen LogP contribution in [0.3, 0.4) is 0 Å². The fourth-order valence-corrected chi connectivity index (χ4v) is 1.65. The van der Waals surface area contributed by atoms with Crippen LogP contribution in [0.5, 0.6) is 0 Å². The second-order valence-corrected chi connectivity index (χ2v) is 3.88. The summed E-state index contributed by atoms with van der Waals surface area (Å²) in [5, 5.41) is 3.26. The van der Waals surface area contributed by atoms with E-state index in [0.29, 0.717) is 19.1 Å². The van der Waals surface area contributed by atoms with E-state index in [-0.39, 0.29) is 5.97 Å². The largest absolute Gasteiger partial charge is 0.463 e. The summed E-state index contributed by atoms with van der Waals surface area (Å²) < 4.78 is 10.1. The van der Waals surface area contributed by atoms with Crippen molar-refractivity contribution in [2.75, 3.05) is 32.9 Å². The number of ether oxygens (including phenoxy) is 2. The van der Waals surface area contributed by atoms with E-state index in [0.717, 1.165) is 26.2 Å². The molecule has 1 N–H and O–H groups in total. The van der Waals surface area contributed by atoms with Gasteiger partial charge in [-0.25, -0.2) is 4.79 Å². The van der Waals surface area contributed by atoms with Gasteiger partial charge in [-0.3, -0.25) is 0 Å². The molecule has 1 aliphatic heterocycles. The van der Waals surface area contributed by atoms with Crippen LogP contribution in [0.25, 0.3) is 0 Å². The second-order valence-electron chi connectivity index (χ2n) is 3.88. The molecule has 92 valence electrons. The van der Waals surface area contributed by atoms with Gasteiger partial charge in [0.15, 0.2) is 0 Å². The molecular weight excluding hydrogens is 206 g/mol. The van der Waals surface area contributed by atoms with Crippen molar-refractivity contribution in [3.8, 4) is 0 Å². The third-order valence-electron chi connectivity index (χ3n) is 2.56. The molecule has 1 fully saturated rings. The van der Waals surface area contributed by atoms with Gasteiger partial charge in [-0.1, -0.05) is 6.08 Å². The van der Waals surface area contributed by atoms with Gasteiger partial charge in [-0.05, 0) is 32.2 Å². The van der Waals surface area contributed by atoms with Crippen molar-refractivity contribution in [3.63, 3.8) is 0 Å². The molecule has 0 aliphatic carbocycles. The summed E-state index contributed by atoms with van der Waals surface area (Å²) in [5.41, 5.74) is 0. The zero-order valence-corrected chi connectivity index (χ0v) is 9.91. The minimum Gasteiger partial charge on any atom is -0.463 e. The Kier molecular flexibility index (Phi) is 6.85. The van der Waals surface area contributed by atoms with Gasteiger partial charge in [0.05, 0.1) is 6.61 Å². The molecule has 0 amide bonds. The summed E-state index contributed by atoms with van der Waals surface area (Å²) >= 11 is 0. The van der Waals surface area contributed by atoms with Gasteiger partial charge in [0, 0.05) is 25.8 Å². The maximum atomic E-state index is 10.9. The first-order chi connectivity index (χ1) is 7.83. The Balaban J connectivity index is 1.92. The van der Waals surface area contributed by atoms with Crippen molar-refractivity contribution in [1.29, 1.82) is 0 Å². The fraction of sp³-hybridized carbons (Fsp3) is 0.750. The van der Waals surface area contributed by atoms with Crippen LogP contribution < -0.4 is 5.32 Å². The standard InChI is InChI=1S/C12H21NO3/c1-2-16-12(14)4-3-7-13-8-5-11-6-9-15-10-11/h3-4,11,13H,2,5-10H2,1H3/b4-3+. The minimum atomic E-state index is -0.270. The molecule has 1 saturated heterocycles. The molecule has 0 aromatic rings. The van der Waals surface area contributed by atoms with Crippen molar-refractivity contribution >= 4 is 5.97 Å². The summed E-state index contributed by atoms with van der Waals surface area (Å²) in [6.07, 6.45) is 5.59. The Bertz CT molecular complexity index is 222. The zero-order chi connectivity index (χ0) is 11.6. The van der Waals surface area contributed by atoms with Crippen LogP contribution in [0.1, 0.15) is 19.8 Å². The van der Waals surface area contributed by atoms with Crippen molar-refractivity contribution in [2.45, 2.75) is 19.8 Å². The van der Waals surface area contributed by atoms with Gasteiger partial charge < -0.3 is 14.8 Å². The first-order valence-electron chi connectivity index (χ1n) is 5.94. The highest BCUT2D eigenvalue weighted by Crippen LogP contribution is 2.14. The summed E-state index contributed by atoms with van der Waals surface area (Å²) in [6, 6.07) is 0. The topological polar surface area (TPSA) is 47.6 Å². The van der Waals surface area contributed by atoms with E-state index in [9.17, 15) is 4.79 Å². The van der Waals surface area contributed by atoms with Crippen LogP contribution in [-0.2, 0) is 14.3 Å². The maximum Gasteiger partial charge on any atom is 0.330 e. The van der Waals surface area contributed by atoms with Crippen LogP contribution >= 0.6 is 0 Å². The van der Waals surface area contributed by atoms with E-state index in [4.69, 9.17) is 9.47 Å². The maximum absolute atomic E-state index is 10.9. The third-order valence-corrected chi connectivity index (χ3v) is 2.56. The highest BCUT2D eigenvalue weighted by Gasteiger charge is 2.14. The molecule has 0 bridgehead atoms. The number of carbonyl (C=O) groups is 1. The van der Waals surface area contributed by atoms with E-state index in [2.05, 4.69) is 5.32 Å². The molecule has 0 aromatic heterocycles. The average molecular weight is 227 g/mol. The predicted molar refractivity (Wildman–Crippen MR) is 62.2 cm³/mol.